The second kappa shape index (κ2) is 8.06. The van der Waals surface area contributed by atoms with Gasteiger partial charge in [-0.3, -0.25) is 4.79 Å². The number of pyridine rings is 1. The lowest BCUT2D eigenvalue weighted by Crippen LogP contribution is -2.38. The van der Waals surface area contributed by atoms with E-state index in [1.165, 1.54) is 0 Å². The van der Waals surface area contributed by atoms with Gasteiger partial charge in [0.1, 0.15) is 5.69 Å². The molecular weight excluding hydrogens is 470 g/mol. The first-order chi connectivity index (χ1) is 15.1. The van der Waals surface area contributed by atoms with Gasteiger partial charge in [0.25, 0.3) is 5.69 Å². The second-order valence-electron chi connectivity index (χ2n) is 7.17. The summed E-state index contributed by atoms with van der Waals surface area (Å²) in [5.41, 5.74) is 4.75. The average Bonchev–Trinajstić information content (AvgIpc) is 2.79. The van der Waals surface area contributed by atoms with Crippen molar-refractivity contribution in [3.05, 3.63) is 111 Å². The van der Waals surface area contributed by atoms with E-state index in [9.17, 15) is 4.79 Å². The lowest BCUT2D eigenvalue weighted by atomic mass is 9.99. The Hall–Kier alpha value is -3.35. The van der Waals surface area contributed by atoms with Crippen LogP contribution >= 0.6 is 28.1 Å². The van der Waals surface area contributed by atoms with E-state index in [0.29, 0.717) is 10.3 Å². The molecule has 2 N–H and O–H groups in total. The average molecular weight is 487 g/mol. The van der Waals surface area contributed by atoms with Crippen molar-refractivity contribution in [2.45, 2.75) is 0 Å². The number of hydrogen-bond donors (Lipinski definition) is 2. The van der Waals surface area contributed by atoms with Gasteiger partial charge in [0.05, 0.1) is 5.56 Å². The minimum Gasteiger partial charge on any atom is -0.336 e. The van der Waals surface area contributed by atoms with Crippen LogP contribution in [-0.4, -0.2) is 9.97 Å². The maximum atomic E-state index is 13.3. The predicted molar refractivity (Wildman–Crippen MR) is 130 cm³/mol. The number of aromatic amines is 2. The van der Waals surface area contributed by atoms with E-state index in [-0.39, 0.29) is 5.56 Å². The number of rotatable bonds is 3. The molecule has 0 saturated carbocycles. The molecule has 5 aromatic rings. The van der Waals surface area contributed by atoms with Gasteiger partial charge in [0.2, 0.25) is 6.20 Å². The molecule has 0 saturated heterocycles. The number of benzene rings is 3. The summed E-state index contributed by atoms with van der Waals surface area (Å²) in [6.45, 7) is 0. The molecule has 0 aliphatic heterocycles. The Morgan fingerprint density at radius 3 is 2.19 bits per heavy atom. The van der Waals surface area contributed by atoms with E-state index < -0.39 is 0 Å². The van der Waals surface area contributed by atoms with E-state index in [2.05, 4.69) is 25.9 Å². The van der Waals surface area contributed by atoms with Crippen molar-refractivity contribution < 1.29 is 4.57 Å². The fourth-order valence-electron chi connectivity index (χ4n) is 3.79. The first-order valence-corrected chi connectivity index (χ1v) is 10.9. The quantitative estimate of drug-likeness (QED) is 0.244. The molecule has 5 rings (SSSR count). The summed E-state index contributed by atoms with van der Waals surface area (Å²) in [5, 5.41) is 0.947. The first-order valence-electron chi connectivity index (χ1n) is 9.72. The maximum Gasteiger partial charge on any atom is 0.321 e. The molecule has 0 fully saturated rings. The topological polar surface area (TPSA) is 52.5 Å². The number of nitrogens with zero attached hydrogens (tertiary/aromatic N) is 1. The molecule has 6 heteroatoms. The number of nitrogens with one attached hydrogen (secondary N) is 2. The zero-order valence-electron chi connectivity index (χ0n) is 16.3. The van der Waals surface area contributed by atoms with Crippen LogP contribution in [0.2, 0.25) is 0 Å². The predicted octanol–water partition coefficient (Wildman–Crippen LogP) is 5.96. The highest BCUT2D eigenvalue weighted by Gasteiger charge is 2.24. The van der Waals surface area contributed by atoms with E-state index in [4.69, 9.17) is 12.2 Å². The van der Waals surface area contributed by atoms with Crippen LogP contribution < -0.4 is 10.1 Å². The molecule has 0 radical (unpaired) electrons. The van der Waals surface area contributed by atoms with Crippen molar-refractivity contribution in [1.82, 2.24) is 9.97 Å². The van der Waals surface area contributed by atoms with Crippen LogP contribution in [-0.2, 0) is 0 Å². The van der Waals surface area contributed by atoms with Crippen molar-refractivity contribution in [1.29, 1.82) is 0 Å². The monoisotopic (exact) mass is 486 g/mol. The molecule has 0 unspecified atom stereocenters. The van der Waals surface area contributed by atoms with Gasteiger partial charge >= 0.3 is 5.56 Å². The largest absolute Gasteiger partial charge is 0.336 e. The Morgan fingerprint density at radius 2 is 1.48 bits per heavy atom. The molecule has 31 heavy (non-hydrogen) atoms. The molecule has 2 heterocycles. The molecule has 3 aromatic carbocycles. The van der Waals surface area contributed by atoms with Crippen LogP contribution in [0.3, 0.4) is 0 Å². The Bertz CT molecular complexity index is 1530. The van der Waals surface area contributed by atoms with Crippen molar-refractivity contribution in [2.24, 2.45) is 0 Å². The highest BCUT2D eigenvalue weighted by Crippen LogP contribution is 2.31. The number of H-pyrrole nitrogens is 2. The number of aromatic nitrogens is 3. The van der Waals surface area contributed by atoms with Gasteiger partial charge in [0, 0.05) is 20.9 Å². The molecule has 2 aromatic heterocycles. The molecule has 150 valence electrons. The Morgan fingerprint density at radius 1 is 0.806 bits per heavy atom. The number of hydrogen-bond acceptors (Lipinski definition) is 2. The second-order valence-corrected chi connectivity index (χ2v) is 8.52. The minimum absolute atomic E-state index is 0.182. The SMILES string of the molecule is O=c1[nH]c2ccc(Br)cc2c(-c2ccccc2)c1-[n+]1cc(-c2ccccc2)[nH]c(=S)c1. The molecule has 0 spiro atoms. The summed E-state index contributed by atoms with van der Waals surface area (Å²) in [6.07, 6.45) is 3.68. The van der Waals surface area contributed by atoms with E-state index >= 15 is 0 Å². The van der Waals surface area contributed by atoms with Gasteiger partial charge in [-0.25, -0.2) is 0 Å². The molecule has 4 nitrogen and oxygen atoms in total. The zero-order chi connectivity index (χ0) is 21.4. The number of fused-ring (bicyclic) bond motifs is 1. The maximum absolute atomic E-state index is 13.3. The fraction of sp³-hybridized carbons (Fsp3) is 0. The first kappa shape index (κ1) is 19.6. The zero-order valence-corrected chi connectivity index (χ0v) is 18.7. The summed E-state index contributed by atoms with van der Waals surface area (Å²) in [7, 11) is 0. The minimum atomic E-state index is -0.182. The highest BCUT2D eigenvalue weighted by atomic mass is 79.9. The number of halogens is 1. The highest BCUT2D eigenvalue weighted by molar-refractivity contribution is 9.10. The molecule has 0 bridgehead atoms. The third-order valence-corrected chi connectivity index (χ3v) is 5.84. The lowest BCUT2D eigenvalue weighted by molar-refractivity contribution is -0.596. The molecule has 0 amide bonds. The normalized spacial score (nSPS) is 11.0. The third-order valence-electron chi connectivity index (χ3n) is 5.14. The summed E-state index contributed by atoms with van der Waals surface area (Å²) in [4.78, 5) is 19.6. The standard InChI is InChI=1S/C25H16BrN3OS/c26-18-11-12-20-19(13-18)23(17-9-5-2-6-10-17)24(25(30)28-20)29-14-21(27-22(31)15-29)16-7-3-1-4-8-16/h1-15H,(H-,27,28,30,31)/p+1. The van der Waals surface area contributed by atoms with Gasteiger partial charge in [-0.15, -0.1) is 0 Å². The van der Waals surface area contributed by atoms with Gasteiger partial charge < -0.3 is 9.97 Å². The summed E-state index contributed by atoms with van der Waals surface area (Å²) >= 11 is 9.08. The van der Waals surface area contributed by atoms with Crippen LogP contribution in [0, 0.1) is 4.64 Å². The van der Waals surface area contributed by atoms with E-state index in [0.717, 1.165) is 37.8 Å². The van der Waals surface area contributed by atoms with Crippen LogP contribution in [0.25, 0.3) is 39.0 Å². The van der Waals surface area contributed by atoms with E-state index in [1.54, 1.807) is 6.20 Å². The lowest BCUT2D eigenvalue weighted by Gasteiger charge is -2.10. The van der Waals surface area contributed by atoms with Crippen LogP contribution in [0.1, 0.15) is 0 Å². The Balaban J connectivity index is 1.88. The van der Waals surface area contributed by atoms with Crippen LogP contribution in [0.4, 0.5) is 0 Å². The Kier molecular flexibility index (Phi) is 5.10. The van der Waals surface area contributed by atoms with Crippen molar-refractivity contribution in [2.75, 3.05) is 0 Å². The fourth-order valence-corrected chi connectivity index (χ4v) is 4.38. The summed E-state index contributed by atoms with van der Waals surface area (Å²) in [5.74, 6) is 0. The third kappa shape index (κ3) is 3.76. The van der Waals surface area contributed by atoms with Gasteiger partial charge in [0.15, 0.2) is 10.8 Å². The molecule has 0 atom stereocenters. The molecular formula is C25H17BrN3OS+. The van der Waals surface area contributed by atoms with Crippen molar-refractivity contribution >= 4 is 39.1 Å². The van der Waals surface area contributed by atoms with Gasteiger partial charge in [-0.2, -0.15) is 4.57 Å². The summed E-state index contributed by atoms with van der Waals surface area (Å²) in [6, 6.07) is 25.7. The van der Waals surface area contributed by atoms with Gasteiger partial charge in [-0.1, -0.05) is 88.8 Å². The summed E-state index contributed by atoms with van der Waals surface area (Å²) < 4.78 is 3.30. The Labute approximate surface area is 192 Å². The van der Waals surface area contributed by atoms with Crippen LogP contribution in [0.5, 0.6) is 0 Å². The molecule has 0 aliphatic rings. The van der Waals surface area contributed by atoms with Crippen LogP contribution in [0.15, 0.2) is 101 Å². The van der Waals surface area contributed by atoms with Crippen molar-refractivity contribution in [3.8, 4) is 28.1 Å². The van der Waals surface area contributed by atoms with Crippen molar-refractivity contribution in [3.63, 3.8) is 0 Å². The molecule has 0 aliphatic carbocycles. The van der Waals surface area contributed by atoms with E-state index in [1.807, 2.05) is 89.6 Å². The smallest absolute Gasteiger partial charge is 0.321 e. The van der Waals surface area contributed by atoms with Gasteiger partial charge in [-0.05, 0) is 23.8 Å².